The van der Waals surface area contributed by atoms with Crippen LogP contribution >= 0.6 is 0 Å². The lowest BCUT2D eigenvalue weighted by Crippen LogP contribution is -2.13. The highest BCUT2D eigenvalue weighted by molar-refractivity contribution is 4.48. The van der Waals surface area contributed by atoms with Crippen LogP contribution in [0.5, 0.6) is 0 Å². The van der Waals surface area contributed by atoms with E-state index in [-0.39, 0.29) is 0 Å². The molecule has 1 unspecified atom stereocenters. The monoisotopic (exact) mass is 88.1 g/mol. The molecule has 0 amide bonds. The van der Waals surface area contributed by atoms with E-state index in [2.05, 4.69) is 5.18 Å². The maximum atomic E-state index is 9.36. The van der Waals surface area contributed by atoms with Crippen molar-refractivity contribution in [2.75, 3.05) is 0 Å². The predicted molar refractivity (Wildman–Crippen MR) is 24.1 cm³/mol. The molecule has 2 N–H and O–H groups in total. The molecule has 6 heavy (non-hydrogen) atoms. The average molecular weight is 88.1 g/mol. The Morgan fingerprint density at radius 3 is 2.50 bits per heavy atom. The third-order valence-corrected chi connectivity index (χ3v) is 0.554. The Bertz CT molecular complexity index is 46.1. The van der Waals surface area contributed by atoms with Crippen LogP contribution < -0.4 is 5.73 Å². The fourth-order valence-corrected chi connectivity index (χ4v) is 0.0745. The van der Waals surface area contributed by atoms with Gasteiger partial charge in [0.05, 0.1) is 0 Å². The van der Waals surface area contributed by atoms with Crippen molar-refractivity contribution < 1.29 is 0 Å². The minimum Gasteiger partial charge on any atom is -0.307 e. The van der Waals surface area contributed by atoms with Gasteiger partial charge in [-0.2, -0.15) is 0 Å². The lowest BCUT2D eigenvalue weighted by atomic mass is 10.4. The van der Waals surface area contributed by atoms with Crippen LogP contribution in [0.3, 0.4) is 0 Å². The minimum absolute atomic E-state index is 0.495. The number of rotatable bonds is 2. The summed E-state index contributed by atoms with van der Waals surface area (Å²) < 4.78 is 0. The number of hydrogen-bond acceptors (Lipinski definition) is 3. The van der Waals surface area contributed by atoms with Crippen LogP contribution in [0.2, 0.25) is 0 Å². The molecule has 0 spiro atoms. The Morgan fingerprint density at radius 1 is 2.00 bits per heavy atom. The SMILES string of the molecule is CCC(N)N=O. The van der Waals surface area contributed by atoms with Crippen LogP contribution in [-0.2, 0) is 0 Å². The highest BCUT2D eigenvalue weighted by atomic mass is 16.3. The molecule has 0 aromatic rings. The number of nitrogens with zero attached hydrogens (tertiary/aromatic N) is 1. The van der Waals surface area contributed by atoms with Crippen molar-refractivity contribution in [3.05, 3.63) is 4.91 Å². The van der Waals surface area contributed by atoms with E-state index < -0.39 is 6.17 Å². The van der Waals surface area contributed by atoms with Gasteiger partial charge in [0.15, 0.2) is 0 Å². The van der Waals surface area contributed by atoms with Gasteiger partial charge in [-0.1, -0.05) is 12.1 Å². The zero-order chi connectivity index (χ0) is 4.99. The molecule has 3 nitrogen and oxygen atoms in total. The fourth-order valence-electron chi connectivity index (χ4n) is 0.0745. The zero-order valence-electron chi connectivity index (χ0n) is 3.72. The molecule has 0 saturated heterocycles. The van der Waals surface area contributed by atoms with Gasteiger partial charge in [0.1, 0.15) is 6.17 Å². The first-order valence-electron chi connectivity index (χ1n) is 1.89. The summed E-state index contributed by atoms with van der Waals surface area (Å²) in [6.45, 7) is 1.81. The van der Waals surface area contributed by atoms with E-state index in [1.807, 2.05) is 6.92 Å². The predicted octanol–water partition coefficient (Wildman–Crippen LogP) is 0.448. The van der Waals surface area contributed by atoms with E-state index in [0.717, 1.165) is 0 Å². The molecule has 0 aromatic heterocycles. The van der Waals surface area contributed by atoms with Gasteiger partial charge >= 0.3 is 0 Å². The van der Waals surface area contributed by atoms with Crippen LogP contribution in [0.1, 0.15) is 13.3 Å². The van der Waals surface area contributed by atoms with Crippen LogP contribution in [0.15, 0.2) is 5.18 Å². The van der Waals surface area contributed by atoms with Gasteiger partial charge < -0.3 is 5.73 Å². The maximum absolute atomic E-state index is 9.36. The first-order chi connectivity index (χ1) is 2.81. The second kappa shape index (κ2) is 2.78. The summed E-state index contributed by atoms with van der Waals surface area (Å²) in [6.07, 6.45) is 0.133. The minimum atomic E-state index is -0.495. The maximum Gasteiger partial charge on any atom is 0.139 e. The number of nitroso groups, excluding NO2 is 1. The first-order valence-corrected chi connectivity index (χ1v) is 1.89. The van der Waals surface area contributed by atoms with Gasteiger partial charge in [0, 0.05) is 0 Å². The van der Waals surface area contributed by atoms with Gasteiger partial charge in [-0.15, -0.1) is 4.91 Å². The second-order valence-corrected chi connectivity index (χ2v) is 1.08. The second-order valence-electron chi connectivity index (χ2n) is 1.08. The van der Waals surface area contributed by atoms with E-state index >= 15 is 0 Å². The Balaban J connectivity index is 2.96. The largest absolute Gasteiger partial charge is 0.307 e. The molecular formula is C3H8N2O. The molecule has 36 valence electrons. The zero-order valence-corrected chi connectivity index (χ0v) is 3.72. The normalized spacial score (nSPS) is 13.7. The van der Waals surface area contributed by atoms with E-state index in [4.69, 9.17) is 5.73 Å². The molecule has 1 atom stereocenters. The molecule has 0 aromatic carbocycles. The van der Waals surface area contributed by atoms with Gasteiger partial charge in [0.2, 0.25) is 0 Å². The van der Waals surface area contributed by atoms with Crippen LogP contribution in [-0.4, -0.2) is 6.17 Å². The summed E-state index contributed by atoms with van der Waals surface area (Å²) >= 11 is 0. The standard InChI is InChI=1S/C3H8N2O/c1-2-3(4)5-6/h3H,2,4H2,1H3. The lowest BCUT2D eigenvalue weighted by Gasteiger charge is -1.89. The van der Waals surface area contributed by atoms with Crippen molar-refractivity contribution in [1.29, 1.82) is 0 Å². The molecular weight excluding hydrogens is 80.0 g/mol. The quantitative estimate of drug-likeness (QED) is 0.498. The smallest absolute Gasteiger partial charge is 0.139 e. The third-order valence-electron chi connectivity index (χ3n) is 0.554. The third kappa shape index (κ3) is 1.84. The molecule has 3 heteroatoms. The Morgan fingerprint density at radius 2 is 2.50 bits per heavy atom. The van der Waals surface area contributed by atoms with E-state index in [1.54, 1.807) is 0 Å². The van der Waals surface area contributed by atoms with E-state index in [9.17, 15) is 4.91 Å². The van der Waals surface area contributed by atoms with Crippen molar-refractivity contribution >= 4 is 0 Å². The summed E-state index contributed by atoms with van der Waals surface area (Å²) in [5.74, 6) is 0. The molecule has 0 saturated carbocycles. The van der Waals surface area contributed by atoms with Gasteiger partial charge in [-0.3, -0.25) is 0 Å². The van der Waals surface area contributed by atoms with Crippen molar-refractivity contribution in [2.24, 2.45) is 10.9 Å². The topological polar surface area (TPSA) is 55.4 Å². The molecule has 0 fully saturated rings. The lowest BCUT2D eigenvalue weighted by molar-refractivity contribution is 0.679. The van der Waals surface area contributed by atoms with Crippen LogP contribution in [0, 0.1) is 4.91 Å². The van der Waals surface area contributed by atoms with Crippen molar-refractivity contribution in [3.8, 4) is 0 Å². The number of hydrogen-bond donors (Lipinski definition) is 1. The van der Waals surface area contributed by atoms with Crippen molar-refractivity contribution in [2.45, 2.75) is 19.5 Å². The summed E-state index contributed by atoms with van der Waals surface area (Å²) in [4.78, 5) is 9.36. The summed E-state index contributed by atoms with van der Waals surface area (Å²) in [5, 5.41) is 2.53. The highest BCUT2D eigenvalue weighted by Gasteiger charge is 1.90. The van der Waals surface area contributed by atoms with E-state index in [1.165, 1.54) is 0 Å². The highest BCUT2D eigenvalue weighted by Crippen LogP contribution is 1.82. The van der Waals surface area contributed by atoms with Crippen molar-refractivity contribution in [3.63, 3.8) is 0 Å². The molecule has 0 heterocycles. The van der Waals surface area contributed by atoms with Crippen LogP contribution in [0.25, 0.3) is 0 Å². The fraction of sp³-hybridized carbons (Fsp3) is 1.00. The van der Waals surface area contributed by atoms with Gasteiger partial charge in [0.25, 0.3) is 0 Å². The van der Waals surface area contributed by atoms with Crippen LogP contribution in [0.4, 0.5) is 0 Å². The first kappa shape index (κ1) is 5.56. The molecule has 0 rings (SSSR count). The molecule has 0 aliphatic heterocycles. The van der Waals surface area contributed by atoms with E-state index in [0.29, 0.717) is 6.42 Å². The summed E-state index contributed by atoms with van der Waals surface area (Å²) in [6, 6.07) is 0. The van der Waals surface area contributed by atoms with Gasteiger partial charge in [-0.25, -0.2) is 0 Å². The molecule has 0 radical (unpaired) electrons. The Hall–Kier alpha value is -0.440. The Labute approximate surface area is 36.5 Å². The summed E-state index contributed by atoms with van der Waals surface area (Å²) in [7, 11) is 0. The molecule has 0 bridgehead atoms. The molecule has 0 aliphatic rings. The van der Waals surface area contributed by atoms with Crippen molar-refractivity contribution in [1.82, 2.24) is 0 Å². The number of nitrogens with two attached hydrogens (primary N) is 1. The Kier molecular flexibility index (Phi) is 2.58. The average Bonchev–Trinajstić information content (AvgIpc) is 1.65. The van der Waals surface area contributed by atoms with Gasteiger partial charge in [-0.05, 0) is 6.42 Å². The molecule has 0 aliphatic carbocycles. The summed E-state index contributed by atoms with van der Waals surface area (Å²) in [5.41, 5.74) is 4.99.